The molecule has 0 unspecified atom stereocenters. The molecule has 1 saturated heterocycles. The van der Waals surface area contributed by atoms with Crippen molar-refractivity contribution in [2.75, 3.05) is 38.2 Å². The first-order valence-corrected chi connectivity index (χ1v) is 8.00. The first-order valence-electron chi connectivity index (χ1n) is 7.21. The van der Waals surface area contributed by atoms with Gasteiger partial charge in [-0.15, -0.1) is 0 Å². The first kappa shape index (κ1) is 17.4. The highest BCUT2D eigenvalue weighted by Gasteiger charge is 2.28. The van der Waals surface area contributed by atoms with Crippen molar-refractivity contribution < 1.29 is 9.13 Å². The molecule has 22 heavy (non-hydrogen) atoms. The van der Waals surface area contributed by atoms with Crippen LogP contribution >= 0.6 is 23.8 Å². The van der Waals surface area contributed by atoms with E-state index in [1.54, 1.807) is 6.07 Å². The Balaban J connectivity index is 1.84. The average molecular weight is 346 g/mol. The van der Waals surface area contributed by atoms with Crippen LogP contribution in [0.25, 0.3) is 0 Å². The summed E-state index contributed by atoms with van der Waals surface area (Å²) in [5.74, 6) is -0.445. The van der Waals surface area contributed by atoms with E-state index in [-0.39, 0.29) is 10.6 Å². The van der Waals surface area contributed by atoms with Crippen molar-refractivity contribution >= 4 is 34.6 Å². The lowest BCUT2D eigenvalue weighted by atomic mass is 10.0. The normalized spacial score (nSPS) is 16.4. The van der Waals surface area contributed by atoms with Gasteiger partial charge in [-0.3, -0.25) is 4.90 Å². The molecular formula is C15H21ClFN3OS. The first-order chi connectivity index (χ1) is 10.4. The Hall–Kier alpha value is -0.950. The molecule has 0 aromatic heterocycles. The number of hydrogen-bond acceptors (Lipinski definition) is 3. The molecule has 4 nitrogen and oxygen atoms in total. The number of morpholine rings is 1. The summed E-state index contributed by atoms with van der Waals surface area (Å²) in [7, 11) is 0. The van der Waals surface area contributed by atoms with Gasteiger partial charge in [0.1, 0.15) is 5.82 Å². The predicted octanol–water partition coefficient (Wildman–Crippen LogP) is 2.88. The van der Waals surface area contributed by atoms with E-state index >= 15 is 0 Å². The fourth-order valence-electron chi connectivity index (χ4n) is 2.33. The van der Waals surface area contributed by atoms with Gasteiger partial charge in [0.15, 0.2) is 5.11 Å². The molecule has 0 radical (unpaired) electrons. The third-order valence-electron chi connectivity index (χ3n) is 3.73. The Morgan fingerprint density at radius 1 is 1.41 bits per heavy atom. The molecular weight excluding hydrogens is 325 g/mol. The molecule has 122 valence electrons. The molecule has 1 heterocycles. The van der Waals surface area contributed by atoms with E-state index < -0.39 is 5.82 Å². The van der Waals surface area contributed by atoms with Gasteiger partial charge in [-0.1, -0.05) is 11.6 Å². The molecule has 1 aliphatic rings. The number of hydrogen-bond donors (Lipinski definition) is 2. The molecule has 2 rings (SSSR count). The number of ether oxygens (including phenoxy) is 1. The van der Waals surface area contributed by atoms with E-state index in [4.69, 9.17) is 28.6 Å². The van der Waals surface area contributed by atoms with Crippen molar-refractivity contribution in [3.8, 4) is 0 Å². The van der Waals surface area contributed by atoms with E-state index in [1.165, 1.54) is 12.1 Å². The van der Waals surface area contributed by atoms with Crippen LogP contribution in [0.1, 0.15) is 13.8 Å². The van der Waals surface area contributed by atoms with Crippen molar-refractivity contribution in [1.29, 1.82) is 0 Å². The fourth-order valence-corrected chi connectivity index (χ4v) is 2.70. The molecule has 0 atom stereocenters. The number of thiocarbonyl (C=S) groups is 1. The predicted molar refractivity (Wildman–Crippen MR) is 92.1 cm³/mol. The van der Waals surface area contributed by atoms with Crippen molar-refractivity contribution in [3.05, 3.63) is 29.0 Å². The van der Waals surface area contributed by atoms with Crippen molar-refractivity contribution in [2.45, 2.75) is 19.4 Å². The summed E-state index contributed by atoms with van der Waals surface area (Å²) in [5, 5.41) is 6.78. The zero-order chi connectivity index (χ0) is 16.2. The van der Waals surface area contributed by atoms with Crippen molar-refractivity contribution in [2.24, 2.45) is 0 Å². The van der Waals surface area contributed by atoms with E-state index in [9.17, 15) is 4.39 Å². The lowest BCUT2D eigenvalue weighted by molar-refractivity contribution is -0.00823. The summed E-state index contributed by atoms with van der Waals surface area (Å²) in [6.07, 6.45) is 0. The van der Waals surface area contributed by atoms with Gasteiger partial charge in [-0.2, -0.15) is 0 Å². The zero-order valence-corrected chi connectivity index (χ0v) is 14.4. The van der Waals surface area contributed by atoms with Crippen LogP contribution in [-0.4, -0.2) is 48.4 Å². The van der Waals surface area contributed by atoms with Gasteiger partial charge in [0, 0.05) is 30.9 Å². The lowest BCUT2D eigenvalue weighted by Gasteiger charge is -2.41. The molecule has 0 bridgehead atoms. The summed E-state index contributed by atoms with van der Waals surface area (Å²) in [6, 6.07) is 4.42. The van der Waals surface area contributed by atoms with Crippen LogP contribution in [0.15, 0.2) is 18.2 Å². The Morgan fingerprint density at radius 3 is 2.73 bits per heavy atom. The summed E-state index contributed by atoms with van der Waals surface area (Å²) in [4.78, 5) is 2.38. The summed E-state index contributed by atoms with van der Waals surface area (Å²) in [6.45, 7) is 8.41. The standard InChI is InChI=1S/C15H21ClFN3OS/c1-15(2,20-5-7-21-8-6-20)10-18-14(22)19-11-3-4-13(17)12(16)9-11/h3-4,9H,5-8,10H2,1-2H3,(H2,18,19,22). The number of nitrogens with zero attached hydrogens (tertiary/aromatic N) is 1. The highest BCUT2D eigenvalue weighted by molar-refractivity contribution is 7.80. The molecule has 1 aliphatic heterocycles. The molecule has 2 N–H and O–H groups in total. The summed E-state index contributed by atoms with van der Waals surface area (Å²) >= 11 is 11.0. The van der Waals surface area contributed by atoms with E-state index in [2.05, 4.69) is 29.4 Å². The van der Waals surface area contributed by atoms with Gasteiger partial charge in [-0.25, -0.2) is 4.39 Å². The fraction of sp³-hybridized carbons (Fsp3) is 0.533. The maximum Gasteiger partial charge on any atom is 0.170 e. The highest BCUT2D eigenvalue weighted by Crippen LogP contribution is 2.19. The topological polar surface area (TPSA) is 36.5 Å². The molecule has 1 aromatic carbocycles. The van der Waals surface area contributed by atoms with Crippen LogP contribution in [0.3, 0.4) is 0 Å². The second-order valence-electron chi connectivity index (χ2n) is 5.85. The van der Waals surface area contributed by atoms with Gasteiger partial charge in [0.25, 0.3) is 0 Å². The summed E-state index contributed by atoms with van der Waals surface area (Å²) < 4.78 is 18.5. The van der Waals surface area contributed by atoms with E-state index in [0.717, 1.165) is 26.3 Å². The van der Waals surface area contributed by atoms with Crippen LogP contribution in [0.5, 0.6) is 0 Å². The van der Waals surface area contributed by atoms with Crippen molar-refractivity contribution in [1.82, 2.24) is 10.2 Å². The molecule has 0 saturated carbocycles. The molecule has 0 spiro atoms. The van der Waals surface area contributed by atoms with Gasteiger partial charge >= 0.3 is 0 Å². The second-order valence-corrected chi connectivity index (χ2v) is 6.66. The van der Waals surface area contributed by atoms with Gasteiger partial charge < -0.3 is 15.4 Å². The van der Waals surface area contributed by atoms with Crippen LogP contribution in [0.4, 0.5) is 10.1 Å². The Bertz CT molecular complexity index is 536. The smallest absolute Gasteiger partial charge is 0.170 e. The number of anilines is 1. The maximum atomic E-state index is 13.1. The quantitative estimate of drug-likeness (QED) is 0.821. The van der Waals surface area contributed by atoms with Crippen molar-refractivity contribution in [3.63, 3.8) is 0 Å². The number of benzene rings is 1. The number of rotatable bonds is 4. The number of nitrogens with one attached hydrogen (secondary N) is 2. The van der Waals surface area contributed by atoms with E-state index in [1.807, 2.05) is 0 Å². The monoisotopic (exact) mass is 345 g/mol. The summed E-state index contributed by atoms with van der Waals surface area (Å²) in [5.41, 5.74) is 0.628. The molecule has 1 fully saturated rings. The molecule has 7 heteroatoms. The average Bonchev–Trinajstić information content (AvgIpc) is 2.50. The minimum atomic E-state index is -0.445. The third kappa shape index (κ3) is 4.78. The van der Waals surface area contributed by atoms with Gasteiger partial charge in [0.2, 0.25) is 0 Å². The third-order valence-corrected chi connectivity index (χ3v) is 4.26. The number of halogens is 2. The van der Waals surface area contributed by atoms with Gasteiger partial charge in [0.05, 0.1) is 18.2 Å². The van der Waals surface area contributed by atoms with Gasteiger partial charge in [-0.05, 0) is 44.3 Å². The SMILES string of the molecule is CC(C)(CNC(=S)Nc1ccc(F)c(Cl)c1)N1CCOCC1. The van der Waals surface area contributed by atoms with E-state index in [0.29, 0.717) is 17.3 Å². The minimum absolute atomic E-state index is 0.0318. The lowest BCUT2D eigenvalue weighted by Crippen LogP contribution is -2.55. The zero-order valence-electron chi connectivity index (χ0n) is 12.8. The van der Waals surface area contributed by atoms with Crippen LogP contribution in [-0.2, 0) is 4.74 Å². The van der Waals surface area contributed by atoms with Crippen LogP contribution < -0.4 is 10.6 Å². The molecule has 1 aromatic rings. The molecule has 0 amide bonds. The maximum absolute atomic E-state index is 13.1. The Kier molecular flexibility index (Phi) is 5.97. The van der Waals surface area contributed by atoms with Crippen LogP contribution in [0, 0.1) is 5.82 Å². The van der Waals surface area contributed by atoms with Crippen LogP contribution in [0.2, 0.25) is 5.02 Å². The second kappa shape index (κ2) is 7.55. The minimum Gasteiger partial charge on any atom is -0.379 e. The molecule has 0 aliphatic carbocycles. The Labute approximate surface area is 141 Å². The Morgan fingerprint density at radius 2 is 2.09 bits per heavy atom. The largest absolute Gasteiger partial charge is 0.379 e. The highest BCUT2D eigenvalue weighted by atomic mass is 35.5.